The Balaban J connectivity index is 2.13. The maximum atomic E-state index is 12.8. The number of carbonyl (C=O) groups excluding carboxylic acids is 1. The standard InChI is InChI=1S/C18H28N6O5/c1-18(29)7-11(25)8-23(13(26)5-4-6-19)9-12(18)24-10-20-15-14(24)16(27)22(3)17(28)21(15)2/h10-12,25,29H,4-9,19H2,1-3H3/t11-,12+,18+/m0/s1. The molecule has 3 atom stereocenters. The van der Waals surface area contributed by atoms with Gasteiger partial charge in [0.05, 0.1) is 24.1 Å². The normalized spacial score (nSPS) is 25.4. The molecular weight excluding hydrogens is 380 g/mol. The van der Waals surface area contributed by atoms with Gasteiger partial charge in [-0.3, -0.25) is 18.7 Å². The summed E-state index contributed by atoms with van der Waals surface area (Å²) in [6.45, 7) is 2.11. The molecule has 0 aromatic carbocycles. The monoisotopic (exact) mass is 408 g/mol. The van der Waals surface area contributed by atoms with Crippen molar-refractivity contribution in [2.45, 2.75) is 43.9 Å². The number of aliphatic hydroxyl groups is 2. The molecule has 3 rings (SSSR count). The molecule has 0 saturated carbocycles. The van der Waals surface area contributed by atoms with Crippen molar-refractivity contribution in [2.24, 2.45) is 19.8 Å². The quantitative estimate of drug-likeness (QED) is 0.533. The molecule has 160 valence electrons. The van der Waals surface area contributed by atoms with E-state index in [0.717, 1.165) is 4.57 Å². The Hall–Kier alpha value is -2.50. The SMILES string of the molecule is Cn1c(=O)c2c(ncn2[C@@H]2CN(C(=O)CCCN)C[C@@H](O)C[C@@]2(C)O)n(C)c1=O. The van der Waals surface area contributed by atoms with E-state index in [4.69, 9.17) is 5.73 Å². The Morgan fingerprint density at radius 2 is 2.00 bits per heavy atom. The first-order valence-corrected chi connectivity index (χ1v) is 9.59. The first-order chi connectivity index (χ1) is 13.6. The first kappa shape index (κ1) is 21.2. The second-order valence-electron chi connectivity index (χ2n) is 7.95. The fourth-order valence-electron chi connectivity index (χ4n) is 4.02. The van der Waals surface area contributed by atoms with Gasteiger partial charge in [-0.05, 0) is 19.9 Å². The van der Waals surface area contributed by atoms with E-state index in [2.05, 4.69) is 4.98 Å². The minimum absolute atomic E-state index is 0.0179. The van der Waals surface area contributed by atoms with Gasteiger partial charge in [-0.2, -0.15) is 0 Å². The predicted octanol–water partition coefficient (Wildman–Crippen LogP) is -1.94. The van der Waals surface area contributed by atoms with E-state index in [9.17, 15) is 24.6 Å². The highest BCUT2D eigenvalue weighted by Crippen LogP contribution is 2.33. The summed E-state index contributed by atoms with van der Waals surface area (Å²) < 4.78 is 3.75. The molecule has 11 nitrogen and oxygen atoms in total. The first-order valence-electron chi connectivity index (χ1n) is 9.59. The average molecular weight is 408 g/mol. The van der Waals surface area contributed by atoms with Crippen molar-refractivity contribution in [3.05, 3.63) is 27.2 Å². The summed E-state index contributed by atoms with van der Waals surface area (Å²) in [5.74, 6) is -0.179. The van der Waals surface area contributed by atoms with Gasteiger partial charge >= 0.3 is 5.69 Å². The number of fused-ring (bicyclic) bond motifs is 1. The van der Waals surface area contributed by atoms with E-state index in [1.807, 2.05) is 0 Å². The molecule has 1 aliphatic heterocycles. The van der Waals surface area contributed by atoms with Crippen molar-refractivity contribution in [1.29, 1.82) is 0 Å². The number of nitrogens with two attached hydrogens (primary N) is 1. The van der Waals surface area contributed by atoms with Gasteiger partial charge in [-0.1, -0.05) is 0 Å². The van der Waals surface area contributed by atoms with Crippen LogP contribution in [0.4, 0.5) is 0 Å². The highest BCUT2D eigenvalue weighted by Gasteiger charge is 2.42. The smallest absolute Gasteiger partial charge is 0.332 e. The molecule has 0 spiro atoms. The summed E-state index contributed by atoms with van der Waals surface area (Å²) >= 11 is 0. The molecule has 1 aliphatic rings. The zero-order valence-electron chi connectivity index (χ0n) is 16.9. The molecule has 2 aromatic rings. The van der Waals surface area contributed by atoms with Gasteiger partial charge in [0.1, 0.15) is 0 Å². The van der Waals surface area contributed by atoms with Crippen LogP contribution in [0.25, 0.3) is 11.2 Å². The van der Waals surface area contributed by atoms with Crippen LogP contribution in [0, 0.1) is 0 Å². The zero-order chi connectivity index (χ0) is 21.5. The van der Waals surface area contributed by atoms with Crippen molar-refractivity contribution >= 4 is 17.1 Å². The fourth-order valence-corrected chi connectivity index (χ4v) is 4.02. The van der Waals surface area contributed by atoms with Crippen LogP contribution < -0.4 is 17.0 Å². The summed E-state index contributed by atoms with van der Waals surface area (Å²) in [5, 5.41) is 21.5. The Kier molecular flexibility index (Phi) is 5.65. The number of carbonyl (C=O) groups is 1. The van der Waals surface area contributed by atoms with Gasteiger partial charge in [-0.25, -0.2) is 9.78 Å². The largest absolute Gasteiger partial charge is 0.391 e. The lowest BCUT2D eigenvalue weighted by molar-refractivity contribution is -0.132. The lowest BCUT2D eigenvalue weighted by Crippen LogP contribution is -2.44. The van der Waals surface area contributed by atoms with Gasteiger partial charge in [0, 0.05) is 40.0 Å². The third-order valence-corrected chi connectivity index (χ3v) is 5.65. The Morgan fingerprint density at radius 1 is 1.31 bits per heavy atom. The van der Waals surface area contributed by atoms with Crippen LogP contribution in [0.15, 0.2) is 15.9 Å². The topological polar surface area (TPSA) is 149 Å². The molecular formula is C18H28N6O5. The van der Waals surface area contributed by atoms with Crippen LogP contribution in [-0.4, -0.2) is 71.0 Å². The Morgan fingerprint density at radius 3 is 2.66 bits per heavy atom. The lowest BCUT2D eigenvalue weighted by atomic mass is 9.91. The van der Waals surface area contributed by atoms with Crippen LogP contribution >= 0.6 is 0 Å². The number of aliphatic hydroxyl groups excluding tert-OH is 1. The number of β-amino-alcohol motifs (C(OH)–C–C–N with tert-alkyl or cyclic N) is 1. The summed E-state index contributed by atoms with van der Waals surface area (Å²) in [4.78, 5) is 43.3. The van der Waals surface area contributed by atoms with Crippen LogP contribution in [0.2, 0.25) is 0 Å². The highest BCUT2D eigenvalue weighted by molar-refractivity contribution is 5.76. The zero-order valence-corrected chi connectivity index (χ0v) is 16.9. The Labute approximate surface area is 167 Å². The van der Waals surface area contributed by atoms with Crippen molar-refractivity contribution in [2.75, 3.05) is 19.6 Å². The van der Waals surface area contributed by atoms with E-state index >= 15 is 0 Å². The third kappa shape index (κ3) is 3.72. The minimum atomic E-state index is -1.42. The number of amides is 1. The molecule has 0 radical (unpaired) electrons. The number of rotatable bonds is 4. The number of hydrogen-bond acceptors (Lipinski definition) is 7. The number of imidazole rings is 1. The summed E-state index contributed by atoms with van der Waals surface area (Å²) in [6, 6.07) is -0.739. The number of nitrogens with zero attached hydrogens (tertiary/aromatic N) is 5. The average Bonchev–Trinajstić information content (AvgIpc) is 3.04. The van der Waals surface area contributed by atoms with E-state index < -0.39 is 29.0 Å². The van der Waals surface area contributed by atoms with E-state index in [0.29, 0.717) is 13.0 Å². The molecule has 2 aromatic heterocycles. The second kappa shape index (κ2) is 7.73. The van der Waals surface area contributed by atoms with Gasteiger partial charge in [-0.15, -0.1) is 0 Å². The van der Waals surface area contributed by atoms with Crippen LogP contribution in [0.1, 0.15) is 32.2 Å². The molecule has 0 unspecified atom stereocenters. The molecule has 29 heavy (non-hydrogen) atoms. The van der Waals surface area contributed by atoms with Crippen molar-refractivity contribution in [3.8, 4) is 0 Å². The molecule has 1 saturated heterocycles. The van der Waals surface area contributed by atoms with E-state index in [1.165, 1.54) is 34.5 Å². The summed E-state index contributed by atoms with van der Waals surface area (Å²) in [7, 11) is 2.89. The van der Waals surface area contributed by atoms with Crippen LogP contribution in [0.5, 0.6) is 0 Å². The molecule has 1 fully saturated rings. The highest BCUT2D eigenvalue weighted by atomic mass is 16.3. The van der Waals surface area contributed by atoms with Gasteiger partial charge in [0.2, 0.25) is 5.91 Å². The summed E-state index contributed by atoms with van der Waals surface area (Å²) in [5.41, 5.74) is 3.38. The summed E-state index contributed by atoms with van der Waals surface area (Å²) in [6.07, 6.45) is 1.25. The number of likely N-dealkylation sites (tertiary alicyclic amines) is 1. The molecule has 4 N–H and O–H groups in total. The van der Waals surface area contributed by atoms with Crippen molar-refractivity contribution < 1.29 is 15.0 Å². The van der Waals surface area contributed by atoms with Crippen molar-refractivity contribution in [1.82, 2.24) is 23.6 Å². The molecule has 3 heterocycles. The van der Waals surface area contributed by atoms with Gasteiger partial charge in [0.25, 0.3) is 5.56 Å². The number of aromatic nitrogens is 4. The lowest BCUT2D eigenvalue weighted by Gasteiger charge is -2.34. The maximum Gasteiger partial charge on any atom is 0.332 e. The van der Waals surface area contributed by atoms with E-state index in [-0.39, 0.29) is 43.0 Å². The number of hydrogen-bond donors (Lipinski definition) is 3. The van der Waals surface area contributed by atoms with Gasteiger partial charge < -0.3 is 25.4 Å². The molecule has 0 aliphatic carbocycles. The van der Waals surface area contributed by atoms with Gasteiger partial charge in [0.15, 0.2) is 11.2 Å². The Bertz CT molecular complexity index is 1040. The molecule has 1 amide bonds. The molecule has 11 heteroatoms. The van der Waals surface area contributed by atoms with Crippen LogP contribution in [-0.2, 0) is 18.9 Å². The predicted molar refractivity (Wildman–Crippen MR) is 105 cm³/mol. The minimum Gasteiger partial charge on any atom is -0.391 e. The fraction of sp³-hybridized carbons (Fsp3) is 0.667. The van der Waals surface area contributed by atoms with Crippen molar-refractivity contribution in [3.63, 3.8) is 0 Å². The number of aryl methyl sites for hydroxylation is 1. The molecule has 0 bridgehead atoms. The van der Waals surface area contributed by atoms with E-state index in [1.54, 1.807) is 6.92 Å². The second-order valence-corrected chi connectivity index (χ2v) is 7.95. The van der Waals surface area contributed by atoms with Crippen LogP contribution in [0.3, 0.4) is 0 Å². The third-order valence-electron chi connectivity index (χ3n) is 5.65. The maximum absolute atomic E-state index is 12.8.